The van der Waals surface area contributed by atoms with Crippen molar-refractivity contribution in [2.75, 3.05) is 26.3 Å². The summed E-state index contributed by atoms with van der Waals surface area (Å²) in [6, 6.07) is 0. The van der Waals surface area contributed by atoms with E-state index >= 15 is 0 Å². The number of carbonyl (C=O) groups excluding carboxylic acids is 1. The van der Waals surface area contributed by atoms with Gasteiger partial charge in [0, 0.05) is 18.5 Å². The molecule has 0 aromatic heterocycles. The average molecular weight is 211 g/mol. The number of carbonyl (C=O) groups is 1. The van der Waals surface area contributed by atoms with Gasteiger partial charge in [0.1, 0.15) is 0 Å². The lowest BCUT2D eigenvalue weighted by atomic mass is 9.82. The van der Waals surface area contributed by atoms with Crippen LogP contribution in [-0.4, -0.2) is 37.1 Å². The predicted molar refractivity (Wildman–Crippen MR) is 58.6 cm³/mol. The molecule has 2 aliphatic rings. The minimum atomic E-state index is -0.0165. The van der Waals surface area contributed by atoms with Crippen molar-refractivity contribution in [1.82, 2.24) is 4.90 Å². The van der Waals surface area contributed by atoms with Gasteiger partial charge in [0.05, 0.1) is 13.2 Å². The van der Waals surface area contributed by atoms with E-state index in [9.17, 15) is 4.79 Å². The fraction of sp³-hybridized carbons (Fsp3) is 0.917. The van der Waals surface area contributed by atoms with E-state index < -0.39 is 0 Å². The summed E-state index contributed by atoms with van der Waals surface area (Å²) in [4.78, 5) is 14.4. The van der Waals surface area contributed by atoms with Crippen molar-refractivity contribution in [2.24, 2.45) is 5.41 Å². The van der Waals surface area contributed by atoms with Gasteiger partial charge in [0.2, 0.25) is 5.91 Å². The van der Waals surface area contributed by atoms with Crippen LogP contribution in [0.3, 0.4) is 0 Å². The molecule has 86 valence electrons. The van der Waals surface area contributed by atoms with Gasteiger partial charge < -0.3 is 9.64 Å². The van der Waals surface area contributed by atoms with Gasteiger partial charge in [-0.3, -0.25) is 4.79 Å². The van der Waals surface area contributed by atoms with Gasteiger partial charge in [-0.1, -0.05) is 19.8 Å². The highest BCUT2D eigenvalue weighted by Crippen LogP contribution is 2.42. The summed E-state index contributed by atoms with van der Waals surface area (Å²) in [5, 5.41) is 0. The van der Waals surface area contributed by atoms with E-state index in [-0.39, 0.29) is 5.41 Å². The number of nitrogens with zero attached hydrogens (tertiary/aromatic N) is 1. The Balaban J connectivity index is 2.03. The zero-order valence-electron chi connectivity index (χ0n) is 9.63. The monoisotopic (exact) mass is 211 g/mol. The van der Waals surface area contributed by atoms with Crippen LogP contribution < -0.4 is 0 Å². The highest BCUT2D eigenvalue weighted by Gasteiger charge is 2.41. The molecule has 0 bridgehead atoms. The molecule has 3 heteroatoms. The van der Waals surface area contributed by atoms with E-state index in [0.29, 0.717) is 19.1 Å². The van der Waals surface area contributed by atoms with Gasteiger partial charge in [-0.2, -0.15) is 0 Å². The summed E-state index contributed by atoms with van der Waals surface area (Å²) in [5.41, 5.74) is -0.0165. The topological polar surface area (TPSA) is 29.5 Å². The SMILES string of the molecule is CCC1(C(=O)N2CCOCC2)CCCC1. The molecule has 0 atom stereocenters. The Kier molecular flexibility index (Phi) is 3.29. The Morgan fingerprint density at radius 1 is 1.27 bits per heavy atom. The Bertz CT molecular complexity index is 228. The summed E-state index contributed by atoms with van der Waals surface area (Å²) in [7, 11) is 0. The highest BCUT2D eigenvalue weighted by atomic mass is 16.5. The molecule has 1 saturated heterocycles. The molecule has 1 amide bonds. The molecule has 0 unspecified atom stereocenters. The van der Waals surface area contributed by atoms with Crippen LogP contribution in [0.4, 0.5) is 0 Å². The van der Waals surface area contributed by atoms with Gasteiger partial charge in [-0.15, -0.1) is 0 Å². The maximum absolute atomic E-state index is 12.4. The van der Waals surface area contributed by atoms with Crippen LogP contribution in [0.15, 0.2) is 0 Å². The molecule has 0 radical (unpaired) electrons. The van der Waals surface area contributed by atoms with E-state index in [0.717, 1.165) is 32.4 Å². The molecule has 1 saturated carbocycles. The first kappa shape index (κ1) is 10.9. The van der Waals surface area contributed by atoms with Crippen molar-refractivity contribution in [2.45, 2.75) is 39.0 Å². The lowest BCUT2D eigenvalue weighted by molar-refractivity contribution is -0.146. The second-order valence-corrected chi connectivity index (χ2v) is 4.75. The van der Waals surface area contributed by atoms with Crippen molar-refractivity contribution in [3.63, 3.8) is 0 Å². The molecule has 1 aliphatic carbocycles. The average Bonchev–Trinajstić information content (AvgIpc) is 2.79. The molecule has 2 fully saturated rings. The molecule has 1 aliphatic heterocycles. The fourth-order valence-electron chi connectivity index (χ4n) is 2.87. The predicted octanol–water partition coefficient (Wildman–Crippen LogP) is 1.82. The molecule has 0 N–H and O–H groups in total. The molecule has 0 aromatic rings. The Hall–Kier alpha value is -0.570. The lowest BCUT2D eigenvalue weighted by Gasteiger charge is -2.35. The van der Waals surface area contributed by atoms with Crippen molar-refractivity contribution < 1.29 is 9.53 Å². The minimum absolute atomic E-state index is 0.0165. The molecule has 1 heterocycles. The van der Waals surface area contributed by atoms with Gasteiger partial charge in [-0.05, 0) is 19.3 Å². The van der Waals surface area contributed by atoms with Crippen molar-refractivity contribution in [3.05, 3.63) is 0 Å². The summed E-state index contributed by atoms with van der Waals surface area (Å²) in [6.07, 6.45) is 5.65. The third-order valence-corrected chi connectivity index (χ3v) is 3.99. The second-order valence-electron chi connectivity index (χ2n) is 4.75. The van der Waals surface area contributed by atoms with Crippen molar-refractivity contribution in [1.29, 1.82) is 0 Å². The first-order valence-corrected chi connectivity index (χ1v) is 6.16. The number of amides is 1. The molecule has 15 heavy (non-hydrogen) atoms. The van der Waals surface area contributed by atoms with Crippen LogP contribution in [0.25, 0.3) is 0 Å². The largest absolute Gasteiger partial charge is 0.378 e. The number of hydrogen-bond acceptors (Lipinski definition) is 2. The van der Waals surface area contributed by atoms with Crippen molar-refractivity contribution >= 4 is 5.91 Å². The number of rotatable bonds is 2. The number of ether oxygens (including phenoxy) is 1. The number of morpholine rings is 1. The molecular weight excluding hydrogens is 190 g/mol. The zero-order chi connectivity index (χ0) is 10.7. The Morgan fingerprint density at radius 2 is 1.87 bits per heavy atom. The van der Waals surface area contributed by atoms with Gasteiger partial charge in [0.25, 0.3) is 0 Å². The lowest BCUT2D eigenvalue weighted by Crippen LogP contribution is -2.47. The normalized spacial score (nSPS) is 25.5. The minimum Gasteiger partial charge on any atom is -0.378 e. The molecular formula is C12H21NO2. The molecule has 0 spiro atoms. The van der Waals surface area contributed by atoms with Crippen LogP contribution in [0.5, 0.6) is 0 Å². The van der Waals surface area contributed by atoms with Crippen LogP contribution in [0.2, 0.25) is 0 Å². The van der Waals surface area contributed by atoms with Gasteiger partial charge >= 0.3 is 0 Å². The summed E-state index contributed by atoms with van der Waals surface area (Å²) < 4.78 is 5.29. The quantitative estimate of drug-likeness (QED) is 0.697. The van der Waals surface area contributed by atoms with Crippen molar-refractivity contribution in [3.8, 4) is 0 Å². The summed E-state index contributed by atoms with van der Waals surface area (Å²) >= 11 is 0. The first-order valence-electron chi connectivity index (χ1n) is 6.16. The molecule has 0 aromatic carbocycles. The summed E-state index contributed by atoms with van der Waals surface area (Å²) in [6.45, 7) is 5.17. The van der Waals surface area contributed by atoms with E-state index in [2.05, 4.69) is 6.92 Å². The van der Waals surface area contributed by atoms with Crippen LogP contribution in [-0.2, 0) is 9.53 Å². The standard InChI is InChI=1S/C12H21NO2/c1-2-12(5-3-4-6-12)11(14)13-7-9-15-10-8-13/h2-10H2,1H3. The smallest absolute Gasteiger partial charge is 0.228 e. The third kappa shape index (κ3) is 2.03. The van der Waals surface area contributed by atoms with Gasteiger partial charge in [0.15, 0.2) is 0 Å². The van der Waals surface area contributed by atoms with Crippen LogP contribution in [0, 0.1) is 5.41 Å². The maximum Gasteiger partial charge on any atom is 0.228 e. The Labute approximate surface area is 91.8 Å². The first-order chi connectivity index (χ1) is 7.28. The number of hydrogen-bond donors (Lipinski definition) is 0. The molecule has 3 nitrogen and oxygen atoms in total. The fourth-order valence-corrected chi connectivity index (χ4v) is 2.87. The van der Waals surface area contributed by atoms with Crippen LogP contribution >= 0.6 is 0 Å². The van der Waals surface area contributed by atoms with E-state index in [4.69, 9.17) is 4.74 Å². The Morgan fingerprint density at radius 3 is 2.40 bits per heavy atom. The second kappa shape index (κ2) is 4.52. The van der Waals surface area contributed by atoms with E-state index in [1.54, 1.807) is 0 Å². The van der Waals surface area contributed by atoms with E-state index in [1.807, 2.05) is 4.90 Å². The third-order valence-electron chi connectivity index (χ3n) is 3.99. The van der Waals surface area contributed by atoms with Gasteiger partial charge in [-0.25, -0.2) is 0 Å². The van der Waals surface area contributed by atoms with Crippen LogP contribution in [0.1, 0.15) is 39.0 Å². The summed E-state index contributed by atoms with van der Waals surface area (Å²) in [5.74, 6) is 0.394. The maximum atomic E-state index is 12.4. The highest BCUT2D eigenvalue weighted by molar-refractivity contribution is 5.83. The zero-order valence-corrected chi connectivity index (χ0v) is 9.63. The van der Waals surface area contributed by atoms with E-state index in [1.165, 1.54) is 12.8 Å². The molecule has 2 rings (SSSR count).